The molecule has 116 valence electrons. The van der Waals surface area contributed by atoms with Gasteiger partial charge in [0, 0.05) is 38.1 Å². The van der Waals surface area contributed by atoms with Gasteiger partial charge in [-0.05, 0) is 25.8 Å². The Morgan fingerprint density at radius 3 is 2.86 bits per heavy atom. The second-order valence-corrected chi connectivity index (χ2v) is 6.55. The fourth-order valence-electron chi connectivity index (χ4n) is 3.54. The normalized spacial score (nSPS) is 23.4. The Labute approximate surface area is 127 Å². The van der Waals surface area contributed by atoms with E-state index in [-0.39, 0.29) is 0 Å². The Balaban J connectivity index is 1.84. The topological polar surface area (TPSA) is 58.3 Å². The predicted molar refractivity (Wildman–Crippen MR) is 85.4 cm³/mol. The molecule has 5 nitrogen and oxygen atoms in total. The molecule has 2 aliphatic rings. The molecule has 5 heteroatoms. The molecule has 2 N–H and O–H groups in total. The van der Waals surface area contributed by atoms with E-state index >= 15 is 0 Å². The number of fused-ring (bicyclic) bond motifs is 1. The van der Waals surface area contributed by atoms with Gasteiger partial charge in [0.1, 0.15) is 5.82 Å². The van der Waals surface area contributed by atoms with Crippen molar-refractivity contribution < 1.29 is 0 Å². The van der Waals surface area contributed by atoms with Crippen molar-refractivity contribution in [3.63, 3.8) is 0 Å². The van der Waals surface area contributed by atoms with Gasteiger partial charge in [-0.1, -0.05) is 13.8 Å². The maximum atomic E-state index is 5.94. The molecule has 0 aliphatic carbocycles. The number of nitrogens with two attached hydrogens (primary N) is 1. The summed E-state index contributed by atoms with van der Waals surface area (Å²) < 4.78 is 0. The van der Waals surface area contributed by atoms with Gasteiger partial charge in [-0.25, -0.2) is 9.97 Å². The summed E-state index contributed by atoms with van der Waals surface area (Å²) in [7, 11) is 0. The van der Waals surface area contributed by atoms with Gasteiger partial charge in [0.2, 0.25) is 0 Å². The third kappa shape index (κ3) is 3.04. The van der Waals surface area contributed by atoms with E-state index in [1.54, 1.807) is 0 Å². The Kier molecular flexibility index (Phi) is 4.40. The lowest BCUT2D eigenvalue weighted by Crippen LogP contribution is -2.37. The monoisotopic (exact) mass is 289 g/mol. The average molecular weight is 289 g/mol. The van der Waals surface area contributed by atoms with Gasteiger partial charge in [0.05, 0.1) is 17.6 Å². The van der Waals surface area contributed by atoms with E-state index in [0.29, 0.717) is 18.5 Å². The van der Waals surface area contributed by atoms with E-state index < -0.39 is 0 Å². The zero-order chi connectivity index (χ0) is 14.8. The molecule has 1 aromatic rings. The minimum atomic E-state index is 0.346. The number of nitrogens with zero attached hydrogens (tertiary/aromatic N) is 4. The second kappa shape index (κ2) is 6.28. The van der Waals surface area contributed by atoms with Crippen LogP contribution in [0.5, 0.6) is 0 Å². The van der Waals surface area contributed by atoms with E-state index in [1.807, 2.05) is 6.20 Å². The highest BCUT2D eigenvalue weighted by Crippen LogP contribution is 2.26. The maximum absolute atomic E-state index is 5.94. The molecule has 1 atom stereocenters. The van der Waals surface area contributed by atoms with Crippen molar-refractivity contribution >= 4 is 5.69 Å². The molecule has 0 radical (unpaired) electrons. The van der Waals surface area contributed by atoms with Gasteiger partial charge in [-0.2, -0.15) is 0 Å². The van der Waals surface area contributed by atoms with Gasteiger partial charge in [-0.15, -0.1) is 0 Å². The van der Waals surface area contributed by atoms with Crippen molar-refractivity contribution in [3.05, 3.63) is 17.7 Å². The highest BCUT2D eigenvalue weighted by molar-refractivity contribution is 5.49. The van der Waals surface area contributed by atoms with Gasteiger partial charge >= 0.3 is 0 Å². The van der Waals surface area contributed by atoms with Crippen LogP contribution in [0.1, 0.15) is 50.5 Å². The maximum Gasteiger partial charge on any atom is 0.131 e. The van der Waals surface area contributed by atoms with Crippen LogP contribution >= 0.6 is 0 Å². The third-order valence-corrected chi connectivity index (χ3v) is 4.72. The van der Waals surface area contributed by atoms with E-state index in [9.17, 15) is 0 Å². The molecular formula is C16H27N5. The Hall–Kier alpha value is -1.20. The average Bonchev–Trinajstić information content (AvgIpc) is 2.83. The van der Waals surface area contributed by atoms with Gasteiger partial charge in [-0.3, -0.25) is 4.90 Å². The van der Waals surface area contributed by atoms with Crippen LogP contribution in [0.4, 0.5) is 5.69 Å². The molecule has 3 rings (SSSR count). The molecule has 0 amide bonds. The van der Waals surface area contributed by atoms with Crippen LogP contribution < -0.4 is 10.6 Å². The van der Waals surface area contributed by atoms with Crippen molar-refractivity contribution in [1.29, 1.82) is 0 Å². The Bertz CT molecular complexity index is 488. The van der Waals surface area contributed by atoms with Crippen molar-refractivity contribution in [2.75, 3.05) is 31.1 Å². The summed E-state index contributed by atoms with van der Waals surface area (Å²) in [5.74, 6) is 1.25. The summed E-state index contributed by atoms with van der Waals surface area (Å²) in [6.07, 6.45) is 5.87. The summed E-state index contributed by atoms with van der Waals surface area (Å²) in [5.41, 5.74) is 8.09. The first-order chi connectivity index (χ1) is 10.2. The molecule has 0 saturated carbocycles. The highest BCUT2D eigenvalue weighted by atomic mass is 15.3. The molecule has 1 aromatic heterocycles. The van der Waals surface area contributed by atoms with Gasteiger partial charge in [0.25, 0.3) is 0 Å². The third-order valence-electron chi connectivity index (χ3n) is 4.72. The van der Waals surface area contributed by atoms with E-state index in [1.165, 1.54) is 32.4 Å². The molecule has 3 heterocycles. The lowest BCUT2D eigenvalue weighted by molar-refractivity contribution is 0.273. The summed E-state index contributed by atoms with van der Waals surface area (Å²) in [6.45, 7) is 9.41. The highest BCUT2D eigenvalue weighted by Gasteiger charge is 2.29. The lowest BCUT2D eigenvalue weighted by atomic mass is 10.1. The summed E-state index contributed by atoms with van der Waals surface area (Å²) in [5, 5.41) is 0. The lowest BCUT2D eigenvalue weighted by Gasteiger charge is -2.28. The van der Waals surface area contributed by atoms with Crippen LogP contribution in [0.3, 0.4) is 0 Å². The van der Waals surface area contributed by atoms with Crippen molar-refractivity contribution in [3.8, 4) is 0 Å². The van der Waals surface area contributed by atoms with Crippen LogP contribution in [0.15, 0.2) is 6.20 Å². The molecule has 21 heavy (non-hydrogen) atoms. The number of rotatable bonds is 3. The van der Waals surface area contributed by atoms with Gasteiger partial charge < -0.3 is 10.6 Å². The number of aromatic nitrogens is 2. The second-order valence-electron chi connectivity index (χ2n) is 6.55. The first-order valence-electron chi connectivity index (χ1n) is 8.24. The molecule has 1 unspecified atom stereocenters. The van der Waals surface area contributed by atoms with Crippen LogP contribution in [0.25, 0.3) is 0 Å². The first kappa shape index (κ1) is 14.7. The first-order valence-corrected chi connectivity index (χ1v) is 8.24. The fourth-order valence-corrected chi connectivity index (χ4v) is 3.54. The number of anilines is 1. The van der Waals surface area contributed by atoms with Gasteiger partial charge in [0.15, 0.2) is 0 Å². The van der Waals surface area contributed by atoms with Crippen molar-refractivity contribution in [2.24, 2.45) is 5.73 Å². The minimum absolute atomic E-state index is 0.346. The van der Waals surface area contributed by atoms with Crippen LogP contribution in [0, 0.1) is 0 Å². The zero-order valence-corrected chi connectivity index (χ0v) is 13.3. The number of hydrogen-bond donors (Lipinski definition) is 1. The largest absolute Gasteiger partial charge is 0.367 e. The molecule has 2 aliphatic heterocycles. The zero-order valence-electron chi connectivity index (χ0n) is 13.3. The summed E-state index contributed by atoms with van der Waals surface area (Å²) in [4.78, 5) is 14.4. The quantitative estimate of drug-likeness (QED) is 0.918. The molecule has 0 aromatic carbocycles. The molecule has 2 saturated heterocycles. The van der Waals surface area contributed by atoms with E-state index in [4.69, 9.17) is 10.7 Å². The fraction of sp³-hybridized carbons (Fsp3) is 0.750. The van der Waals surface area contributed by atoms with E-state index in [2.05, 4.69) is 28.6 Å². The standard InChI is InChI=1S/C16H27N5/c1-12(2)16-18-10-15(14(9-17)19-16)21-8-4-7-20-6-3-5-13(20)11-21/h10,12-13H,3-9,11,17H2,1-2H3. The Morgan fingerprint density at radius 2 is 2.10 bits per heavy atom. The van der Waals surface area contributed by atoms with Crippen LogP contribution in [-0.4, -0.2) is 47.1 Å². The summed E-state index contributed by atoms with van der Waals surface area (Å²) in [6, 6.07) is 0.697. The van der Waals surface area contributed by atoms with Crippen molar-refractivity contribution in [1.82, 2.24) is 14.9 Å². The van der Waals surface area contributed by atoms with Crippen LogP contribution in [-0.2, 0) is 6.54 Å². The SMILES string of the molecule is CC(C)c1ncc(N2CCCN3CCCC3C2)c(CN)n1. The molecule has 0 spiro atoms. The smallest absolute Gasteiger partial charge is 0.131 e. The van der Waals surface area contributed by atoms with E-state index in [0.717, 1.165) is 30.3 Å². The van der Waals surface area contributed by atoms with Crippen molar-refractivity contribution in [2.45, 2.75) is 51.6 Å². The van der Waals surface area contributed by atoms with Crippen LogP contribution in [0.2, 0.25) is 0 Å². The summed E-state index contributed by atoms with van der Waals surface area (Å²) >= 11 is 0. The Morgan fingerprint density at radius 1 is 1.29 bits per heavy atom. The minimum Gasteiger partial charge on any atom is -0.367 e. The predicted octanol–water partition coefficient (Wildman–Crippen LogP) is 1.73. The molecule has 0 bridgehead atoms. The number of hydrogen-bond acceptors (Lipinski definition) is 5. The molecular weight excluding hydrogens is 262 g/mol. The molecule has 2 fully saturated rings.